The summed E-state index contributed by atoms with van der Waals surface area (Å²) in [6.45, 7) is 6.29. The number of aryl methyl sites for hydroxylation is 1. The van der Waals surface area contributed by atoms with Crippen LogP contribution in [0.15, 0.2) is 12.3 Å². The van der Waals surface area contributed by atoms with Gasteiger partial charge in [0.2, 0.25) is 0 Å². The molecule has 0 radical (unpaired) electrons. The first-order valence-corrected chi connectivity index (χ1v) is 8.54. The van der Waals surface area contributed by atoms with E-state index in [0.717, 1.165) is 19.3 Å². The molecule has 1 saturated heterocycles. The van der Waals surface area contributed by atoms with Gasteiger partial charge in [0.25, 0.3) is 0 Å². The molecule has 0 aromatic carbocycles. The van der Waals surface area contributed by atoms with E-state index in [1.165, 1.54) is 0 Å². The van der Waals surface area contributed by atoms with Gasteiger partial charge in [-0.1, -0.05) is 0 Å². The Bertz CT molecular complexity index is 577. The summed E-state index contributed by atoms with van der Waals surface area (Å²) >= 11 is 0. The predicted octanol–water partition coefficient (Wildman–Crippen LogP) is 2.93. The maximum absolute atomic E-state index is 12.6. The first kappa shape index (κ1) is 18.3. The molecule has 0 aliphatic carbocycles. The molecule has 1 unspecified atom stereocenters. The molecule has 0 bridgehead atoms. The van der Waals surface area contributed by atoms with Crippen LogP contribution in [-0.4, -0.2) is 44.9 Å². The number of amides is 2. The van der Waals surface area contributed by atoms with E-state index in [2.05, 4.69) is 10.4 Å². The highest BCUT2D eigenvalue weighted by Gasteiger charge is 2.28. The van der Waals surface area contributed by atoms with Crippen LogP contribution >= 0.6 is 0 Å². The van der Waals surface area contributed by atoms with Crippen LogP contribution in [0.25, 0.3) is 0 Å². The van der Waals surface area contributed by atoms with Gasteiger partial charge in [-0.05, 0) is 46.5 Å². The van der Waals surface area contributed by atoms with Gasteiger partial charge in [-0.25, -0.2) is 4.79 Å². The molecule has 134 valence electrons. The summed E-state index contributed by atoms with van der Waals surface area (Å²) in [7, 11) is 1.78. The number of rotatable bonds is 4. The molecule has 1 aromatic rings. The van der Waals surface area contributed by atoms with Crippen LogP contribution in [0, 0.1) is 0 Å². The van der Waals surface area contributed by atoms with Crippen molar-refractivity contribution in [2.24, 2.45) is 7.05 Å². The van der Waals surface area contributed by atoms with Crippen molar-refractivity contribution in [2.75, 3.05) is 11.9 Å². The fourth-order valence-electron chi connectivity index (χ4n) is 2.92. The zero-order chi connectivity index (χ0) is 17.7. The number of aromatic nitrogens is 2. The Hall–Kier alpha value is -2.05. The van der Waals surface area contributed by atoms with Crippen molar-refractivity contribution >= 4 is 17.8 Å². The maximum atomic E-state index is 12.6. The minimum Gasteiger partial charge on any atom is -0.460 e. The molecular formula is C17H28N4O3. The Kier molecular flexibility index (Phi) is 5.85. The number of nitrogens with zero attached hydrogens (tertiary/aromatic N) is 3. The number of likely N-dealkylation sites (tertiary alicyclic amines) is 1. The SMILES string of the molecule is Cn1nccc1NC(=O)N1CCCCC1CCC(=O)OC(C)(C)C. The highest BCUT2D eigenvalue weighted by Crippen LogP contribution is 2.23. The minimum atomic E-state index is -0.472. The smallest absolute Gasteiger partial charge is 0.323 e. The van der Waals surface area contributed by atoms with Crippen molar-refractivity contribution in [3.8, 4) is 0 Å². The van der Waals surface area contributed by atoms with Gasteiger partial charge in [0.1, 0.15) is 11.4 Å². The lowest BCUT2D eigenvalue weighted by Crippen LogP contribution is -2.46. The summed E-state index contributed by atoms with van der Waals surface area (Å²) in [5.41, 5.74) is -0.472. The van der Waals surface area contributed by atoms with Crippen molar-refractivity contribution in [3.05, 3.63) is 12.3 Å². The quantitative estimate of drug-likeness (QED) is 0.858. The van der Waals surface area contributed by atoms with Gasteiger partial charge in [-0.2, -0.15) is 5.10 Å². The van der Waals surface area contributed by atoms with Gasteiger partial charge in [0.05, 0.1) is 6.20 Å². The van der Waals surface area contributed by atoms with E-state index < -0.39 is 5.60 Å². The maximum Gasteiger partial charge on any atom is 0.323 e. The van der Waals surface area contributed by atoms with E-state index in [1.807, 2.05) is 25.7 Å². The Morgan fingerprint density at radius 1 is 1.38 bits per heavy atom. The number of ether oxygens (including phenoxy) is 1. The first-order chi connectivity index (χ1) is 11.3. The summed E-state index contributed by atoms with van der Waals surface area (Å²) in [4.78, 5) is 26.3. The van der Waals surface area contributed by atoms with Crippen LogP contribution in [0.1, 0.15) is 52.9 Å². The van der Waals surface area contributed by atoms with Gasteiger partial charge >= 0.3 is 12.0 Å². The average molecular weight is 336 g/mol. The van der Waals surface area contributed by atoms with E-state index >= 15 is 0 Å². The number of carbonyl (C=O) groups excluding carboxylic acids is 2. The molecular weight excluding hydrogens is 308 g/mol. The molecule has 2 amide bonds. The van der Waals surface area contributed by atoms with Crippen molar-refractivity contribution in [1.82, 2.24) is 14.7 Å². The second kappa shape index (κ2) is 7.68. The van der Waals surface area contributed by atoms with E-state index in [0.29, 0.717) is 25.2 Å². The Balaban J connectivity index is 1.91. The molecule has 0 saturated carbocycles. The number of hydrogen-bond acceptors (Lipinski definition) is 4. The fourth-order valence-corrected chi connectivity index (χ4v) is 2.92. The summed E-state index contributed by atoms with van der Waals surface area (Å²) in [5.74, 6) is 0.455. The number of carbonyl (C=O) groups is 2. The van der Waals surface area contributed by atoms with Crippen LogP contribution in [-0.2, 0) is 16.6 Å². The van der Waals surface area contributed by atoms with Gasteiger partial charge in [-0.3, -0.25) is 14.8 Å². The van der Waals surface area contributed by atoms with E-state index in [9.17, 15) is 9.59 Å². The standard InChI is InChI=1S/C17H28N4O3/c1-17(2,3)24-15(22)9-8-13-7-5-6-12-21(13)16(23)19-14-10-11-18-20(14)4/h10-11,13H,5-9,12H2,1-4H3,(H,19,23). The minimum absolute atomic E-state index is 0.0690. The summed E-state index contributed by atoms with van der Waals surface area (Å²) in [5, 5.41) is 6.94. The fraction of sp³-hybridized carbons (Fsp3) is 0.706. The lowest BCUT2D eigenvalue weighted by Gasteiger charge is -2.35. The van der Waals surface area contributed by atoms with Crippen LogP contribution in [0.2, 0.25) is 0 Å². The Labute approximate surface area is 143 Å². The van der Waals surface area contributed by atoms with Gasteiger partial charge < -0.3 is 9.64 Å². The zero-order valence-corrected chi connectivity index (χ0v) is 15.0. The molecule has 1 aromatic heterocycles. The Morgan fingerprint density at radius 2 is 2.12 bits per heavy atom. The number of piperidine rings is 1. The molecule has 24 heavy (non-hydrogen) atoms. The highest BCUT2D eigenvalue weighted by atomic mass is 16.6. The normalized spacial score (nSPS) is 18.3. The number of anilines is 1. The summed E-state index contributed by atoms with van der Waals surface area (Å²) in [6, 6.07) is 1.70. The lowest BCUT2D eigenvalue weighted by atomic mass is 9.98. The molecule has 1 N–H and O–H groups in total. The molecule has 0 spiro atoms. The molecule has 2 rings (SSSR count). The van der Waals surface area contributed by atoms with Crippen LogP contribution in [0.4, 0.5) is 10.6 Å². The number of urea groups is 1. The number of nitrogens with one attached hydrogen (secondary N) is 1. The molecule has 1 aliphatic rings. The second-order valence-corrected chi connectivity index (χ2v) is 7.24. The summed E-state index contributed by atoms with van der Waals surface area (Å²) < 4.78 is 6.98. The zero-order valence-electron chi connectivity index (χ0n) is 15.0. The third-order valence-corrected chi connectivity index (χ3v) is 4.05. The first-order valence-electron chi connectivity index (χ1n) is 8.54. The number of esters is 1. The van der Waals surface area contributed by atoms with Gasteiger partial charge in [0, 0.05) is 32.1 Å². The van der Waals surface area contributed by atoms with E-state index in [4.69, 9.17) is 4.74 Å². The molecule has 1 fully saturated rings. The van der Waals surface area contributed by atoms with E-state index in [-0.39, 0.29) is 18.0 Å². The van der Waals surface area contributed by atoms with E-state index in [1.54, 1.807) is 24.0 Å². The number of hydrogen-bond donors (Lipinski definition) is 1. The van der Waals surface area contributed by atoms with Crippen molar-refractivity contribution in [3.63, 3.8) is 0 Å². The van der Waals surface area contributed by atoms with Gasteiger partial charge in [-0.15, -0.1) is 0 Å². The lowest BCUT2D eigenvalue weighted by molar-refractivity contribution is -0.155. The second-order valence-electron chi connectivity index (χ2n) is 7.24. The molecule has 7 heteroatoms. The van der Waals surface area contributed by atoms with Crippen LogP contribution in [0.5, 0.6) is 0 Å². The third kappa shape index (κ3) is 5.25. The highest BCUT2D eigenvalue weighted by molar-refractivity contribution is 5.88. The van der Waals surface area contributed by atoms with Crippen molar-refractivity contribution < 1.29 is 14.3 Å². The average Bonchev–Trinajstić information content (AvgIpc) is 2.89. The van der Waals surface area contributed by atoms with Gasteiger partial charge in [0.15, 0.2) is 0 Å². The van der Waals surface area contributed by atoms with Crippen LogP contribution in [0.3, 0.4) is 0 Å². The van der Waals surface area contributed by atoms with Crippen molar-refractivity contribution in [2.45, 2.75) is 64.5 Å². The van der Waals surface area contributed by atoms with Crippen LogP contribution < -0.4 is 5.32 Å². The molecule has 7 nitrogen and oxygen atoms in total. The molecule has 1 atom stereocenters. The summed E-state index contributed by atoms with van der Waals surface area (Å²) in [6.07, 6.45) is 5.59. The molecule has 1 aliphatic heterocycles. The van der Waals surface area contributed by atoms with Crippen molar-refractivity contribution in [1.29, 1.82) is 0 Å². The predicted molar refractivity (Wildman–Crippen MR) is 91.7 cm³/mol. The Morgan fingerprint density at radius 3 is 2.75 bits per heavy atom. The largest absolute Gasteiger partial charge is 0.460 e. The monoisotopic (exact) mass is 336 g/mol. The third-order valence-electron chi connectivity index (χ3n) is 4.05. The topological polar surface area (TPSA) is 76.5 Å². The molecule has 2 heterocycles.